The molecule has 5 nitrogen and oxygen atoms in total. The van der Waals surface area contributed by atoms with Crippen LogP contribution in [0.25, 0.3) is 0 Å². The zero-order valence-corrected chi connectivity index (χ0v) is 13.6. The third kappa shape index (κ3) is 5.41. The Morgan fingerprint density at radius 3 is 2.91 bits per heavy atom. The van der Waals surface area contributed by atoms with Gasteiger partial charge in [0.15, 0.2) is 5.96 Å². The monoisotopic (exact) mass is 319 g/mol. The van der Waals surface area contributed by atoms with Gasteiger partial charge in [0.2, 0.25) is 0 Å². The van der Waals surface area contributed by atoms with Gasteiger partial charge in [0.05, 0.1) is 12.9 Å². The van der Waals surface area contributed by atoms with Crippen molar-refractivity contribution in [1.29, 1.82) is 0 Å². The quantitative estimate of drug-likeness (QED) is 0.469. The Kier molecular flexibility index (Phi) is 6.77. The molecule has 0 fully saturated rings. The number of nitrogens with zero attached hydrogens (tertiary/aromatic N) is 3. The van der Waals surface area contributed by atoms with Crippen molar-refractivity contribution in [2.45, 2.75) is 26.4 Å². The third-order valence-electron chi connectivity index (χ3n) is 3.15. The van der Waals surface area contributed by atoms with Crippen LogP contribution in [0, 0.1) is 0 Å². The Balaban J connectivity index is 1.80. The average Bonchev–Trinajstić information content (AvgIpc) is 3.03. The van der Waals surface area contributed by atoms with E-state index >= 15 is 0 Å². The number of aryl methyl sites for hydroxylation is 1. The second-order valence-corrected chi connectivity index (χ2v) is 5.27. The standard InChI is InChI=1S/C16H22ClN5/c1-2-19-16(20-8-5-10-22-11-9-18-13-22)21-12-14-6-3-4-7-15(14)17/h3-4,6-7,9,11,13H,2,5,8,10,12H2,1H3,(H2,19,20,21). The predicted octanol–water partition coefficient (Wildman–Crippen LogP) is 2.68. The van der Waals surface area contributed by atoms with Crippen molar-refractivity contribution in [3.05, 3.63) is 53.6 Å². The number of benzene rings is 1. The van der Waals surface area contributed by atoms with E-state index < -0.39 is 0 Å². The number of rotatable bonds is 7. The fraction of sp³-hybridized carbons (Fsp3) is 0.375. The Bertz CT molecular complexity index is 580. The van der Waals surface area contributed by atoms with E-state index in [0.717, 1.165) is 42.6 Å². The van der Waals surface area contributed by atoms with E-state index in [1.54, 1.807) is 6.20 Å². The van der Waals surface area contributed by atoms with Crippen LogP contribution < -0.4 is 10.6 Å². The Morgan fingerprint density at radius 1 is 1.32 bits per heavy atom. The van der Waals surface area contributed by atoms with Crippen molar-refractivity contribution < 1.29 is 0 Å². The van der Waals surface area contributed by atoms with E-state index in [2.05, 4.69) is 32.1 Å². The third-order valence-corrected chi connectivity index (χ3v) is 3.52. The van der Waals surface area contributed by atoms with Gasteiger partial charge in [0.1, 0.15) is 0 Å². The largest absolute Gasteiger partial charge is 0.357 e. The molecule has 118 valence electrons. The number of nitrogens with one attached hydrogen (secondary N) is 2. The second-order valence-electron chi connectivity index (χ2n) is 4.87. The van der Waals surface area contributed by atoms with Crippen molar-refractivity contribution in [2.75, 3.05) is 13.1 Å². The Hall–Kier alpha value is -2.01. The van der Waals surface area contributed by atoms with Crippen LogP contribution in [0.15, 0.2) is 48.0 Å². The summed E-state index contributed by atoms with van der Waals surface area (Å²) >= 11 is 6.15. The van der Waals surface area contributed by atoms with Crippen molar-refractivity contribution in [1.82, 2.24) is 20.2 Å². The minimum Gasteiger partial charge on any atom is -0.357 e. The molecule has 0 unspecified atom stereocenters. The van der Waals surface area contributed by atoms with E-state index in [1.807, 2.05) is 36.8 Å². The van der Waals surface area contributed by atoms with Gasteiger partial charge in [-0.2, -0.15) is 0 Å². The highest BCUT2D eigenvalue weighted by atomic mass is 35.5. The van der Waals surface area contributed by atoms with Gasteiger partial charge in [-0.15, -0.1) is 0 Å². The molecule has 0 aliphatic rings. The highest BCUT2D eigenvalue weighted by Crippen LogP contribution is 2.15. The Labute approximate surface area is 136 Å². The lowest BCUT2D eigenvalue weighted by Gasteiger charge is -2.11. The number of hydrogen-bond acceptors (Lipinski definition) is 2. The first-order chi connectivity index (χ1) is 10.8. The zero-order valence-electron chi connectivity index (χ0n) is 12.8. The first-order valence-electron chi connectivity index (χ1n) is 7.51. The fourth-order valence-corrected chi connectivity index (χ4v) is 2.22. The SMILES string of the molecule is CCNC(=NCc1ccccc1Cl)NCCCn1ccnc1. The molecule has 1 aromatic heterocycles. The van der Waals surface area contributed by atoms with Gasteiger partial charge in [-0.25, -0.2) is 9.98 Å². The maximum Gasteiger partial charge on any atom is 0.191 e. The molecule has 22 heavy (non-hydrogen) atoms. The molecule has 0 aliphatic heterocycles. The maximum atomic E-state index is 6.15. The number of guanidine groups is 1. The highest BCUT2D eigenvalue weighted by molar-refractivity contribution is 6.31. The predicted molar refractivity (Wildman–Crippen MR) is 91.1 cm³/mol. The van der Waals surface area contributed by atoms with Gasteiger partial charge in [-0.05, 0) is 25.0 Å². The average molecular weight is 320 g/mol. The number of imidazole rings is 1. The van der Waals surface area contributed by atoms with Crippen molar-refractivity contribution >= 4 is 17.6 Å². The lowest BCUT2D eigenvalue weighted by atomic mass is 10.2. The van der Waals surface area contributed by atoms with E-state index in [9.17, 15) is 0 Å². The summed E-state index contributed by atoms with van der Waals surface area (Å²) < 4.78 is 2.06. The molecule has 1 heterocycles. The van der Waals surface area contributed by atoms with Crippen molar-refractivity contribution in [3.8, 4) is 0 Å². The lowest BCUT2D eigenvalue weighted by Crippen LogP contribution is -2.38. The summed E-state index contributed by atoms with van der Waals surface area (Å²) in [5.41, 5.74) is 1.03. The number of aromatic nitrogens is 2. The molecule has 0 amide bonds. The molecule has 0 spiro atoms. The summed E-state index contributed by atoms with van der Waals surface area (Å²) in [4.78, 5) is 8.60. The van der Waals surface area contributed by atoms with Crippen LogP contribution in [0.4, 0.5) is 0 Å². The number of hydrogen-bond donors (Lipinski definition) is 2. The summed E-state index contributed by atoms with van der Waals surface area (Å²) in [6.07, 6.45) is 6.60. The molecule has 2 aromatic rings. The Morgan fingerprint density at radius 2 is 2.18 bits per heavy atom. The zero-order chi connectivity index (χ0) is 15.6. The highest BCUT2D eigenvalue weighted by Gasteiger charge is 2.00. The second kappa shape index (κ2) is 9.10. The van der Waals surface area contributed by atoms with Crippen molar-refractivity contribution in [3.63, 3.8) is 0 Å². The van der Waals surface area contributed by atoms with Gasteiger partial charge in [-0.1, -0.05) is 29.8 Å². The molecular weight excluding hydrogens is 298 g/mol. The van der Waals surface area contributed by atoms with Gasteiger partial charge < -0.3 is 15.2 Å². The molecule has 6 heteroatoms. The summed E-state index contributed by atoms with van der Waals surface area (Å²) in [7, 11) is 0. The normalized spacial score (nSPS) is 11.5. The molecule has 0 atom stereocenters. The van der Waals surface area contributed by atoms with Crippen LogP contribution in [-0.4, -0.2) is 28.6 Å². The van der Waals surface area contributed by atoms with E-state index in [0.29, 0.717) is 6.54 Å². The molecule has 1 aromatic carbocycles. The first-order valence-corrected chi connectivity index (χ1v) is 7.88. The summed E-state index contributed by atoms with van der Waals surface area (Å²) in [5, 5.41) is 7.33. The van der Waals surface area contributed by atoms with Gasteiger partial charge in [0.25, 0.3) is 0 Å². The van der Waals surface area contributed by atoms with E-state index in [1.165, 1.54) is 0 Å². The van der Waals surface area contributed by atoms with Crippen LogP contribution in [0.1, 0.15) is 18.9 Å². The molecular formula is C16H22ClN5. The minimum absolute atomic E-state index is 0.566. The summed E-state index contributed by atoms with van der Waals surface area (Å²) in [6, 6.07) is 7.78. The van der Waals surface area contributed by atoms with Crippen LogP contribution in [0.3, 0.4) is 0 Å². The molecule has 2 N–H and O–H groups in total. The van der Waals surface area contributed by atoms with Crippen LogP contribution in [0.2, 0.25) is 5.02 Å². The smallest absolute Gasteiger partial charge is 0.191 e. The first kappa shape index (κ1) is 16.4. The van der Waals surface area contributed by atoms with Gasteiger partial charge in [0, 0.05) is 37.1 Å². The molecule has 0 saturated carbocycles. The number of aliphatic imine (C=N–C) groups is 1. The fourth-order valence-electron chi connectivity index (χ4n) is 2.02. The summed E-state index contributed by atoms with van der Waals surface area (Å²) in [6.45, 7) is 5.24. The van der Waals surface area contributed by atoms with E-state index in [-0.39, 0.29) is 0 Å². The lowest BCUT2D eigenvalue weighted by molar-refractivity contribution is 0.624. The van der Waals surface area contributed by atoms with Crippen LogP contribution in [-0.2, 0) is 13.1 Å². The van der Waals surface area contributed by atoms with Crippen molar-refractivity contribution in [2.24, 2.45) is 4.99 Å². The molecule has 0 aliphatic carbocycles. The van der Waals surface area contributed by atoms with Crippen LogP contribution >= 0.6 is 11.6 Å². The molecule has 0 radical (unpaired) electrons. The number of halogens is 1. The molecule has 0 bridgehead atoms. The topological polar surface area (TPSA) is 54.2 Å². The minimum atomic E-state index is 0.566. The van der Waals surface area contributed by atoms with Gasteiger partial charge in [-0.3, -0.25) is 0 Å². The van der Waals surface area contributed by atoms with Crippen LogP contribution in [0.5, 0.6) is 0 Å². The van der Waals surface area contributed by atoms with E-state index in [4.69, 9.17) is 11.6 Å². The molecule has 2 rings (SSSR count). The molecule has 0 saturated heterocycles. The summed E-state index contributed by atoms with van der Waals surface area (Å²) in [5.74, 6) is 0.813. The van der Waals surface area contributed by atoms with Gasteiger partial charge >= 0.3 is 0 Å². The maximum absolute atomic E-state index is 6.15.